The normalized spacial score (nSPS) is 20.0. The number of carbonyl (C=O) groups is 1. The van der Waals surface area contributed by atoms with E-state index in [1.54, 1.807) is 6.21 Å². The molecular weight excluding hydrogens is 268 g/mol. The van der Waals surface area contributed by atoms with E-state index in [0.29, 0.717) is 19.0 Å². The molecule has 0 aliphatic carbocycles. The van der Waals surface area contributed by atoms with Crippen LogP contribution in [0.15, 0.2) is 16.4 Å². The molecule has 0 aromatic heterocycles. The molecule has 0 saturated carbocycles. The third kappa shape index (κ3) is 4.65. The molecule has 21 heavy (non-hydrogen) atoms. The summed E-state index contributed by atoms with van der Waals surface area (Å²) >= 11 is 0. The minimum atomic E-state index is -0.445. The van der Waals surface area contributed by atoms with E-state index in [4.69, 9.17) is 10.5 Å². The first-order chi connectivity index (χ1) is 9.85. The highest BCUT2D eigenvalue weighted by Gasteiger charge is 2.24. The number of allylic oxidation sites excluding steroid dienone is 1. The zero-order valence-electron chi connectivity index (χ0n) is 13.2. The second-order valence-electron chi connectivity index (χ2n) is 6.69. The molecule has 2 aliphatic heterocycles. The maximum Gasteiger partial charge on any atom is 0.407 e. The number of alkyl carbamates (subject to hydrolysis) is 1. The first-order valence-electron chi connectivity index (χ1n) is 7.55. The molecular formula is C15H26N4O2. The summed E-state index contributed by atoms with van der Waals surface area (Å²) in [6.07, 6.45) is 3.51. The molecule has 118 valence electrons. The number of hydrogen-bond donors (Lipinski definition) is 2. The van der Waals surface area contributed by atoms with Gasteiger partial charge in [-0.2, -0.15) is 0 Å². The largest absolute Gasteiger partial charge is 0.444 e. The Labute approximate surface area is 126 Å². The Balaban J connectivity index is 1.70. The summed E-state index contributed by atoms with van der Waals surface area (Å²) in [5, 5.41) is 2.86. The van der Waals surface area contributed by atoms with Crippen molar-refractivity contribution in [2.75, 3.05) is 26.2 Å². The Kier molecular flexibility index (Phi) is 4.75. The Bertz CT molecular complexity index is 443. The van der Waals surface area contributed by atoms with E-state index in [1.165, 1.54) is 0 Å². The van der Waals surface area contributed by atoms with Gasteiger partial charge in [-0.25, -0.2) is 4.79 Å². The molecule has 0 spiro atoms. The van der Waals surface area contributed by atoms with Crippen molar-refractivity contribution in [3.8, 4) is 0 Å². The number of nitrogens with one attached hydrogen (secondary N) is 1. The lowest BCUT2D eigenvalue weighted by molar-refractivity contribution is 0.0512. The fourth-order valence-corrected chi connectivity index (χ4v) is 2.63. The number of amides is 1. The minimum Gasteiger partial charge on any atom is -0.444 e. The smallest absolute Gasteiger partial charge is 0.407 e. The van der Waals surface area contributed by atoms with Crippen LogP contribution in [0, 0.1) is 5.92 Å². The molecule has 0 aromatic rings. The molecule has 1 saturated heterocycles. The minimum absolute atomic E-state index is 0.332. The highest BCUT2D eigenvalue weighted by Crippen LogP contribution is 2.22. The van der Waals surface area contributed by atoms with Crippen molar-refractivity contribution in [2.45, 2.75) is 39.2 Å². The van der Waals surface area contributed by atoms with Gasteiger partial charge in [0.25, 0.3) is 0 Å². The maximum atomic E-state index is 11.6. The van der Waals surface area contributed by atoms with Crippen LogP contribution in [-0.4, -0.2) is 49.0 Å². The quantitative estimate of drug-likeness (QED) is 0.826. The Hall–Kier alpha value is -1.72. The molecule has 0 unspecified atom stereocenters. The summed E-state index contributed by atoms with van der Waals surface area (Å²) in [6, 6.07) is 0. The monoisotopic (exact) mass is 294 g/mol. The molecule has 2 rings (SSSR count). The van der Waals surface area contributed by atoms with Gasteiger partial charge >= 0.3 is 6.09 Å². The van der Waals surface area contributed by atoms with E-state index < -0.39 is 5.60 Å². The van der Waals surface area contributed by atoms with Gasteiger partial charge in [0.15, 0.2) is 0 Å². The third-order valence-corrected chi connectivity index (χ3v) is 3.73. The molecule has 0 radical (unpaired) electrons. The van der Waals surface area contributed by atoms with Gasteiger partial charge in [0.2, 0.25) is 0 Å². The summed E-state index contributed by atoms with van der Waals surface area (Å²) < 4.78 is 5.24. The first kappa shape index (κ1) is 15.7. The van der Waals surface area contributed by atoms with Crippen LogP contribution in [0.3, 0.4) is 0 Å². The second kappa shape index (κ2) is 6.37. The molecule has 6 nitrogen and oxygen atoms in total. The van der Waals surface area contributed by atoms with Gasteiger partial charge in [0.05, 0.1) is 17.9 Å². The van der Waals surface area contributed by atoms with Crippen LogP contribution in [0.25, 0.3) is 0 Å². The molecule has 0 atom stereocenters. The predicted octanol–water partition coefficient (Wildman–Crippen LogP) is 1.48. The third-order valence-electron chi connectivity index (χ3n) is 3.73. The summed E-state index contributed by atoms with van der Waals surface area (Å²) in [6.45, 7) is 8.92. The van der Waals surface area contributed by atoms with E-state index in [9.17, 15) is 4.79 Å². The topological polar surface area (TPSA) is 80.0 Å². The molecule has 2 aliphatic rings. The molecule has 0 aromatic carbocycles. The average Bonchev–Trinajstić information content (AvgIpc) is 2.81. The number of rotatable bonds is 3. The number of likely N-dealkylation sites (tertiary alicyclic amines) is 1. The van der Waals surface area contributed by atoms with Gasteiger partial charge in [-0.05, 0) is 39.5 Å². The lowest BCUT2D eigenvalue weighted by Gasteiger charge is -2.34. The fraction of sp³-hybridized carbons (Fsp3) is 0.733. The van der Waals surface area contributed by atoms with Gasteiger partial charge in [-0.1, -0.05) is 0 Å². The van der Waals surface area contributed by atoms with Crippen LogP contribution in [0.4, 0.5) is 4.79 Å². The van der Waals surface area contributed by atoms with Crippen LogP contribution in [0.1, 0.15) is 33.6 Å². The second-order valence-corrected chi connectivity index (χ2v) is 6.69. The van der Waals surface area contributed by atoms with Crippen LogP contribution < -0.4 is 11.1 Å². The maximum absolute atomic E-state index is 11.6. The van der Waals surface area contributed by atoms with E-state index in [-0.39, 0.29) is 6.09 Å². The number of nitrogens with two attached hydrogens (primary N) is 1. The number of hydrogen-bond acceptors (Lipinski definition) is 5. The van der Waals surface area contributed by atoms with Gasteiger partial charge < -0.3 is 20.7 Å². The van der Waals surface area contributed by atoms with Crippen molar-refractivity contribution in [1.29, 1.82) is 0 Å². The van der Waals surface area contributed by atoms with Gasteiger partial charge in [-0.3, -0.25) is 4.99 Å². The number of piperidine rings is 1. The SMILES string of the molecule is CC(C)(C)OC(=O)NCC1CCN(C2=C(N)C=NC2)CC1. The van der Waals surface area contributed by atoms with E-state index in [1.807, 2.05) is 20.8 Å². The zero-order valence-corrected chi connectivity index (χ0v) is 13.2. The molecule has 1 amide bonds. The van der Waals surface area contributed by atoms with Crippen molar-refractivity contribution in [2.24, 2.45) is 16.6 Å². The van der Waals surface area contributed by atoms with Crippen LogP contribution in [0.5, 0.6) is 0 Å². The number of nitrogens with zero attached hydrogens (tertiary/aromatic N) is 2. The zero-order chi connectivity index (χ0) is 15.5. The Morgan fingerprint density at radius 1 is 1.48 bits per heavy atom. The Morgan fingerprint density at radius 3 is 2.67 bits per heavy atom. The number of carbonyl (C=O) groups excluding carboxylic acids is 1. The molecule has 6 heteroatoms. The highest BCUT2D eigenvalue weighted by atomic mass is 16.6. The molecule has 3 N–H and O–H groups in total. The van der Waals surface area contributed by atoms with Gasteiger partial charge in [0, 0.05) is 25.8 Å². The van der Waals surface area contributed by atoms with Crippen molar-refractivity contribution in [1.82, 2.24) is 10.2 Å². The van der Waals surface area contributed by atoms with Crippen molar-refractivity contribution >= 4 is 12.3 Å². The summed E-state index contributed by atoms with van der Waals surface area (Å²) in [4.78, 5) is 18.1. The number of ether oxygens (including phenoxy) is 1. The number of aliphatic imine (C=N–C) groups is 1. The van der Waals surface area contributed by atoms with E-state index in [2.05, 4.69) is 15.2 Å². The lowest BCUT2D eigenvalue weighted by atomic mass is 9.96. The summed E-state index contributed by atoms with van der Waals surface area (Å²) in [5.41, 5.74) is 7.41. The molecule has 0 bridgehead atoms. The first-order valence-corrected chi connectivity index (χ1v) is 7.55. The van der Waals surface area contributed by atoms with E-state index >= 15 is 0 Å². The molecule has 2 heterocycles. The van der Waals surface area contributed by atoms with Crippen LogP contribution in [0.2, 0.25) is 0 Å². The van der Waals surface area contributed by atoms with Crippen LogP contribution in [-0.2, 0) is 4.74 Å². The predicted molar refractivity (Wildman–Crippen MR) is 83.1 cm³/mol. The lowest BCUT2D eigenvalue weighted by Crippen LogP contribution is -2.40. The van der Waals surface area contributed by atoms with Crippen molar-refractivity contribution in [3.63, 3.8) is 0 Å². The van der Waals surface area contributed by atoms with Gasteiger partial charge in [-0.15, -0.1) is 0 Å². The molecule has 1 fully saturated rings. The highest BCUT2D eigenvalue weighted by molar-refractivity contribution is 5.81. The Morgan fingerprint density at radius 2 is 2.14 bits per heavy atom. The van der Waals surface area contributed by atoms with Crippen molar-refractivity contribution < 1.29 is 9.53 Å². The summed E-state index contributed by atoms with van der Waals surface area (Å²) in [5.74, 6) is 0.498. The fourth-order valence-electron chi connectivity index (χ4n) is 2.63. The average molecular weight is 294 g/mol. The van der Waals surface area contributed by atoms with Gasteiger partial charge in [0.1, 0.15) is 5.60 Å². The summed E-state index contributed by atoms with van der Waals surface area (Å²) in [7, 11) is 0. The van der Waals surface area contributed by atoms with Crippen molar-refractivity contribution in [3.05, 3.63) is 11.4 Å². The van der Waals surface area contributed by atoms with Crippen LogP contribution >= 0.6 is 0 Å². The standard InChI is InChI=1S/C15H26N4O2/c1-15(2,3)21-14(20)18-8-11-4-6-19(7-5-11)13-10-17-9-12(13)16/h9,11H,4-8,10,16H2,1-3H3,(H,18,20). The van der Waals surface area contributed by atoms with E-state index in [0.717, 1.165) is 37.3 Å².